The number of carbonyl (C=O) groups is 1. The second-order valence-corrected chi connectivity index (χ2v) is 6.26. The predicted octanol–water partition coefficient (Wildman–Crippen LogP) is 2.64. The highest BCUT2D eigenvalue weighted by Crippen LogP contribution is 2.23. The lowest BCUT2D eigenvalue weighted by molar-refractivity contribution is -0.0441. The van der Waals surface area contributed by atoms with E-state index in [0.29, 0.717) is 29.8 Å². The number of hydrogen-bond donors (Lipinski definition) is 1. The van der Waals surface area contributed by atoms with Crippen molar-refractivity contribution < 1.29 is 19.0 Å². The smallest absolute Gasteiger partial charge is 0.432 e. The van der Waals surface area contributed by atoms with E-state index < -0.39 is 11.8 Å². The minimum Gasteiger partial charge on any atom is -0.432 e. The number of rotatable bonds is 7. The molecule has 2 aromatic rings. The van der Waals surface area contributed by atoms with Crippen LogP contribution in [0.15, 0.2) is 12.3 Å². The maximum absolute atomic E-state index is 11.6. The van der Waals surface area contributed by atoms with Gasteiger partial charge in [-0.05, 0) is 31.5 Å². The van der Waals surface area contributed by atoms with Gasteiger partial charge >= 0.3 is 6.16 Å². The van der Waals surface area contributed by atoms with Gasteiger partial charge in [0, 0.05) is 26.3 Å². The van der Waals surface area contributed by atoms with E-state index in [-0.39, 0.29) is 18.0 Å². The van der Waals surface area contributed by atoms with E-state index in [9.17, 15) is 4.79 Å². The minimum atomic E-state index is -1.10. The maximum Gasteiger partial charge on any atom is 0.508 e. The van der Waals surface area contributed by atoms with E-state index >= 15 is 0 Å². The molecule has 1 atom stereocenters. The number of fused-ring (bicyclic) bond motifs is 1. The zero-order chi connectivity index (χ0) is 19.3. The fourth-order valence-electron chi connectivity index (χ4n) is 2.35. The topological polar surface area (TPSA) is 101 Å². The van der Waals surface area contributed by atoms with E-state index in [1.54, 1.807) is 26.1 Å². The van der Waals surface area contributed by atoms with Crippen LogP contribution >= 0.6 is 11.6 Å². The Morgan fingerprint density at radius 1 is 1.50 bits per heavy atom. The summed E-state index contributed by atoms with van der Waals surface area (Å²) in [5, 5.41) is 0.750. The molecule has 0 aliphatic rings. The fraction of sp³-hybridized carbons (Fsp3) is 0.471. The molecule has 0 radical (unpaired) electrons. The van der Waals surface area contributed by atoms with Crippen molar-refractivity contribution in [3.63, 3.8) is 0 Å². The fourth-order valence-corrected chi connectivity index (χ4v) is 2.52. The van der Waals surface area contributed by atoms with E-state index in [1.807, 2.05) is 4.57 Å². The first kappa shape index (κ1) is 19.8. The zero-order valence-electron chi connectivity index (χ0n) is 14.9. The molecule has 0 aromatic carbocycles. The number of aromatic nitrogens is 3. The summed E-state index contributed by atoms with van der Waals surface area (Å²) in [7, 11) is 1.46. The van der Waals surface area contributed by atoms with E-state index in [4.69, 9.17) is 38.0 Å². The summed E-state index contributed by atoms with van der Waals surface area (Å²) in [6.45, 7) is 3.75. The molecule has 0 spiro atoms. The molecule has 1 unspecified atom stereocenters. The van der Waals surface area contributed by atoms with Crippen molar-refractivity contribution >= 4 is 34.6 Å². The third-order valence-corrected chi connectivity index (χ3v) is 3.96. The number of nitrogens with zero attached hydrogens (tertiary/aromatic N) is 3. The van der Waals surface area contributed by atoms with Crippen LogP contribution < -0.4 is 5.73 Å². The predicted molar refractivity (Wildman–Crippen MR) is 97.7 cm³/mol. The van der Waals surface area contributed by atoms with Gasteiger partial charge in [0.2, 0.25) is 5.28 Å². The Hall–Kier alpha value is -2.50. The molecule has 8 nitrogen and oxygen atoms in total. The second kappa shape index (κ2) is 8.25. The Morgan fingerprint density at radius 3 is 2.85 bits per heavy atom. The van der Waals surface area contributed by atoms with Gasteiger partial charge < -0.3 is 24.5 Å². The molecule has 0 saturated carbocycles. The van der Waals surface area contributed by atoms with E-state index in [0.717, 1.165) is 0 Å². The molecule has 0 aliphatic carbocycles. The molecular formula is C17H21ClN4O4. The first-order valence-corrected chi connectivity index (χ1v) is 8.32. The summed E-state index contributed by atoms with van der Waals surface area (Å²) in [5.74, 6) is 2.85. The molecule has 140 valence electrons. The normalized spacial score (nSPS) is 13.4. The van der Waals surface area contributed by atoms with Gasteiger partial charge in [0.1, 0.15) is 18.1 Å². The van der Waals surface area contributed by atoms with Crippen molar-refractivity contribution in [2.24, 2.45) is 0 Å². The van der Waals surface area contributed by atoms with Gasteiger partial charge in [-0.2, -0.15) is 4.98 Å². The quantitative estimate of drug-likeness (QED) is 0.447. The third-order valence-electron chi connectivity index (χ3n) is 3.79. The van der Waals surface area contributed by atoms with Crippen molar-refractivity contribution in [1.29, 1.82) is 0 Å². The largest absolute Gasteiger partial charge is 0.508 e. The van der Waals surface area contributed by atoms with Crippen LogP contribution in [0.25, 0.3) is 11.0 Å². The number of nitrogen functional groups attached to an aromatic ring is 1. The maximum atomic E-state index is 11.6. The highest BCUT2D eigenvalue weighted by Gasteiger charge is 2.30. The van der Waals surface area contributed by atoms with Crippen molar-refractivity contribution in [1.82, 2.24) is 14.5 Å². The van der Waals surface area contributed by atoms with Crippen LogP contribution in [0, 0.1) is 12.3 Å². The molecule has 0 saturated heterocycles. The molecule has 0 aliphatic heterocycles. The molecule has 2 heterocycles. The minimum absolute atomic E-state index is 0.0599. The van der Waals surface area contributed by atoms with Crippen LogP contribution in [0.3, 0.4) is 0 Å². The lowest BCUT2D eigenvalue weighted by Crippen LogP contribution is -2.37. The lowest BCUT2D eigenvalue weighted by Gasteiger charge is -2.26. The molecule has 9 heteroatoms. The Kier molecular flexibility index (Phi) is 6.29. The van der Waals surface area contributed by atoms with Gasteiger partial charge in [-0.25, -0.2) is 9.78 Å². The average molecular weight is 381 g/mol. The number of aryl methyl sites for hydroxylation is 1. The standard InChI is InChI=1S/C17H21ClN4O4/c1-5-17(24-4,10-25-16(23)26-11(2)3)7-9-22-8-6-12-13(19)20-15(18)21-14(12)22/h1,6,8,11H,7,9-10H2,2-4H3,(H2,19,20,21). The van der Waals surface area contributed by atoms with Crippen LogP contribution in [0.1, 0.15) is 20.3 Å². The Balaban J connectivity index is 2.11. The third kappa shape index (κ3) is 4.56. The van der Waals surface area contributed by atoms with Crippen molar-refractivity contribution in [3.05, 3.63) is 17.5 Å². The number of methoxy groups -OCH3 is 1. The summed E-state index contributed by atoms with van der Waals surface area (Å²) in [6, 6.07) is 1.79. The van der Waals surface area contributed by atoms with Crippen LogP contribution in [0.4, 0.5) is 10.6 Å². The summed E-state index contributed by atoms with van der Waals surface area (Å²) < 4.78 is 17.3. The van der Waals surface area contributed by atoms with Crippen LogP contribution in [-0.4, -0.2) is 46.1 Å². The van der Waals surface area contributed by atoms with Crippen LogP contribution in [0.5, 0.6) is 0 Å². The van der Waals surface area contributed by atoms with E-state index in [1.165, 1.54) is 7.11 Å². The highest BCUT2D eigenvalue weighted by molar-refractivity contribution is 6.28. The zero-order valence-corrected chi connectivity index (χ0v) is 15.6. The van der Waals surface area contributed by atoms with Gasteiger partial charge in [-0.3, -0.25) is 0 Å². The number of anilines is 1. The van der Waals surface area contributed by atoms with Crippen LogP contribution in [-0.2, 0) is 20.8 Å². The average Bonchev–Trinajstić information content (AvgIpc) is 2.98. The molecule has 2 rings (SSSR count). The van der Waals surface area contributed by atoms with Gasteiger partial charge in [0.15, 0.2) is 5.60 Å². The summed E-state index contributed by atoms with van der Waals surface area (Å²) >= 11 is 5.88. The molecule has 2 N–H and O–H groups in total. The van der Waals surface area contributed by atoms with Gasteiger partial charge in [-0.15, -0.1) is 6.42 Å². The molecular weight excluding hydrogens is 360 g/mol. The molecule has 26 heavy (non-hydrogen) atoms. The van der Waals surface area contributed by atoms with Crippen molar-refractivity contribution in [2.75, 3.05) is 19.5 Å². The van der Waals surface area contributed by atoms with Crippen molar-refractivity contribution in [3.8, 4) is 12.3 Å². The molecule has 0 bridgehead atoms. The van der Waals surface area contributed by atoms with Gasteiger partial charge in [-0.1, -0.05) is 5.92 Å². The van der Waals surface area contributed by atoms with E-state index in [2.05, 4.69) is 15.9 Å². The van der Waals surface area contributed by atoms with Crippen LogP contribution in [0.2, 0.25) is 5.28 Å². The second-order valence-electron chi connectivity index (χ2n) is 5.92. The number of halogens is 1. The monoisotopic (exact) mass is 380 g/mol. The first-order valence-electron chi connectivity index (χ1n) is 7.94. The summed E-state index contributed by atoms with van der Waals surface area (Å²) in [4.78, 5) is 19.7. The molecule has 0 amide bonds. The van der Waals surface area contributed by atoms with Crippen molar-refractivity contribution in [2.45, 2.75) is 38.5 Å². The SMILES string of the molecule is C#CC(CCn1ccc2c(N)nc(Cl)nc21)(COC(=O)OC(C)C)OC. The number of nitrogens with two attached hydrogens (primary N) is 1. The Labute approximate surface area is 156 Å². The van der Waals surface area contributed by atoms with Gasteiger partial charge in [0.25, 0.3) is 0 Å². The number of hydrogen-bond acceptors (Lipinski definition) is 7. The molecule has 0 fully saturated rings. The number of carbonyl (C=O) groups excluding carboxylic acids is 1. The lowest BCUT2D eigenvalue weighted by atomic mass is 10.0. The Morgan fingerprint density at radius 2 is 2.23 bits per heavy atom. The first-order chi connectivity index (χ1) is 12.3. The summed E-state index contributed by atoms with van der Waals surface area (Å²) in [6.07, 6.45) is 6.71. The highest BCUT2D eigenvalue weighted by atomic mass is 35.5. The van der Waals surface area contributed by atoms with Gasteiger partial charge in [0.05, 0.1) is 11.5 Å². The Bertz CT molecular complexity index is 830. The number of terminal acetylenes is 1. The summed E-state index contributed by atoms with van der Waals surface area (Å²) in [5.41, 5.74) is 5.33. The molecule has 2 aromatic heterocycles. The number of ether oxygens (including phenoxy) is 3.